The Balaban J connectivity index is 2.39. The molecule has 1 saturated heterocycles. The Morgan fingerprint density at radius 1 is 1.54 bits per heavy atom. The van der Waals surface area contributed by atoms with Crippen LogP contribution in [-0.4, -0.2) is 40.7 Å². The zero-order chi connectivity index (χ0) is 9.84. The van der Waals surface area contributed by atoms with Crippen LogP contribution < -0.4 is 5.14 Å². The quantitative estimate of drug-likeness (QED) is 0.648. The van der Waals surface area contributed by atoms with E-state index in [2.05, 4.69) is 4.74 Å². The Kier molecular flexibility index (Phi) is 3.68. The summed E-state index contributed by atoms with van der Waals surface area (Å²) in [6.07, 6.45) is 1.07. The fourth-order valence-electron chi connectivity index (χ4n) is 1.40. The predicted octanol–water partition coefficient (Wildman–Crippen LogP) is -0.160. The third-order valence-corrected chi connectivity index (χ3v) is 3.33. The Morgan fingerprint density at radius 3 is 2.46 bits per heavy atom. The van der Waals surface area contributed by atoms with Crippen LogP contribution in [0.1, 0.15) is 12.8 Å². The first kappa shape index (κ1) is 10.5. The van der Waals surface area contributed by atoms with Gasteiger partial charge in [0.2, 0.25) is 0 Å². The highest BCUT2D eigenvalue weighted by molar-refractivity contribution is 7.83. The van der Waals surface area contributed by atoms with Crippen LogP contribution in [0, 0.1) is 0 Å². The van der Waals surface area contributed by atoms with Gasteiger partial charge in [-0.15, -0.1) is 0 Å². The molecule has 1 heterocycles. The van der Waals surface area contributed by atoms with E-state index in [1.165, 1.54) is 7.11 Å². The van der Waals surface area contributed by atoms with Crippen molar-refractivity contribution in [2.45, 2.75) is 18.1 Å². The first-order valence-electron chi connectivity index (χ1n) is 4.13. The zero-order valence-electron chi connectivity index (χ0n) is 7.56. The number of amides is 1. The molecule has 0 saturated carbocycles. The lowest BCUT2D eigenvalue weighted by molar-refractivity contribution is 0.116. The van der Waals surface area contributed by atoms with Gasteiger partial charge in [0, 0.05) is 13.1 Å². The third-order valence-electron chi connectivity index (χ3n) is 2.20. The van der Waals surface area contributed by atoms with Gasteiger partial charge >= 0.3 is 6.09 Å². The normalized spacial score (nSPS) is 21.2. The van der Waals surface area contributed by atoms with E-state index in [0.717, 1.165) is 0 Å². The molecule has 1 aliphatic rings. The van der Waals surface area contributed by atoms with Gasteiger partial charge in [-0.3, -0.25) is 5.14 Å². The van der Waals surface area contributed by atoms with E-state index in [-0.39, 0.29) is 11.3 Å². The first-order chi connectivity index (χ1) is 6.15. The summed E-state index contributed by atoms with van der Waals surface area (Å²) in [5.74, 6) is 0. The highest BCUT2D eigenvalue weighted by Gasteiger charge is 2.25. The van der Waals surface area contributed by atoms with Crippen molar-refractivity contribution in [3.63, 3.8) is 0 Å². The average Bonchev–Trinajstić information content (AvgIpc) is 2.17. The summed E-state index contributed by atoms with van der Waals surface area (Å²) >= 11 is 0. The number of rotatable bonds is 1. The molecule has 0 aliphatic carbocycles. The molecule has 5 nitrogen and oxygen atoms in total. The van der Waals surface area contributed by atoms with Gasteiger partial charge in [-0.05, 0) is 12.8 Å². The van der Waals surface area contributed by atoms with Crippen molar-refractivity contribution < 1.29 is 13.7 Å². The van der Waals surface area contributed by atoms with Gasteiger partial charge in [-0.1, -0.05) is 0 Å². The molecule has 0 spiro atoms. The highest BCUT2D eigenvalue weighted by atomic mass is 32.2. The van der Waals surface area contributed by atoms with Crippen molar-refractivity contribution >= 4 is 17.1 Å². The van der Waals surface area contributed by atoms with Crippen LogP contribution in [0.15, 0.2) is 0 Å². The monoisotopic (exact) mass is 206 g/mol. The SMILES string of the molecule is COC(=O)N1CCC(S(N)=O)CC1. The molecular formula is C7H14N2O3S. The topological polar surface area (TPSA) is 72.6 Å². The van der Waals surface area contributed by atoms with E-state index in [0.29, 0.717) is 25.9 Å². The average molecular weight is 206 g/mol. The maximum Gasteiger partial charge on any atom is 0.409 e. The van der Waals surface area contributed by atoms with Crippen molar-refractivity contribution in [2.75, 3.05) is 20.2 Å². The third kappa shape index (κ3) is 2.67. The predicted molar refractivity (Wildman–Crippen MR) is 49.3 cm³/mol. The molecule has 1 amide bonds. The van der Waals surface area contributed by atoms with Crippen molar-refractivity contribution in [1.82, 2.24) is 4.90 Å². The van der Waals surface area contributed by atoms with E-state index in [1.807, 2.05) is 0 Å². The number of methoxy groups -OCH3 is 1. The lowest BCUT2D eigenvalue weighted by Crippen LogP contribution is -2.42. The zero-order valence-corrected chi connectivity index (χ0v) is 8.38. The van der Waals surface area contributed by atoms with E-state index in [4.69, 9.17) is 5.14 Å². The van der Waals surface area contributed by atoms with E-state index in [9.17, 15) is 9.00 Å². The summed E-state index contributed by atoms with van der Waals surface area (Å²) in [4.78, 5) is 12.6. The Bertz CT molecular complexity index is 214. The maximum atomic E-state index is 11.0. The molecule has 76 valence electrons. The van der Waals surface area contributed by atoms with Crippen molar-refractivity contribution in [2.24, 2.45) is 5.14 Å². The lowest BCUT2D eigenvalue weighted by atomic mass is 10.1. The first-order valence-corrected chi connectivity index (χ1v) is 5.40. The van der Waals surface area contributed by atoms with Crippen LogP contribution >= 0.6 is 0 Å². The second-order valence-corrected chi connectivity index (χ2v) is 4.31. The fourth-order valence-corrected chi connectivity index (χ4v) is 2.08. The van der Waals surface area contributed by atoms with E-state index < -0.39 is 11.0 Å². The number of piperidine rings is 1. The lowest BCUT2D eigenvalue weighted by Gasteiger charge is -2.29. The molecule has 13 heavy (non-hydrogen) atoms. The van der Waals surface area contributed by atoms with Gasteiger partial charge in [-0.2, -0.15) is 0 Å². The molecule has 2 N–H and O–H groups in total. The number of nitrogens with two attached hydrogens (primary N) is 1. The maximum absolute atomic E-state index is 11.0. The molecule has 0 aromatic rings. The van der Waals surface area contributed by atoms with Crippen molar-refractivity contribution in [3.8, 4) is 0 Å². The Morgan fingerprint density at radius 2 is 2.08 bits per heavy atom. The smallest absolute Gasteiger partial charge is 0.409 e. The van der Waals surface area contributed by atoms with Crippen molar-refractivity contribution in [3.05, 3.63) is 0 Å². The molecule has 1 rings (SSSR count). The minimum atomic E-state index is -1.26. The molecule has 1 unspecified atom stereocenters. The van der Waals surface area contributed by atoms with Gasteiger partial charge < -0.3 is 9.64 Å². The van der Waals surface area contributed by atoms with Crippen LogP contribution in [-0.2, 0) is 15.7 Å². The molecule has 1 fully saturated rings. The number of ether oxygens (including phenoxy) is 1. The Labute approximate surface area is 79.8 Å². The Hall–Kier alpha value is -0.620. The number of hydrogen-bond acceptors (Lipinski definition) is 3. The number of carbonyl (C=O) groups is 1. The molecular weight excluding hydrogens is 192 g/mol. The summed E-state index contributed by atoms with van der Waals surface area (Å²) in [6.45, 7) is 1.17. The van der Waals surface area contributed by atoms with Crippen LogP contribution in [0.25, 0.3) is 0 Å². The van der Waals surface area contributed by atoms with Crippen molar-refractivity contribution in [1.29, 1.82) is 0 Å². The second kappa shape index (κ2) is 4.57. The van der Waals surface area contributed by atoms with Crippen LogP contribution in [0.5, 0.6) is 0 Å². The standard InChI is InChI=1S/C7H14N2O3S/c1-12-7(10)9-4-2-6(3-5-9)13(8)11/h6H,2-5,8H2,1H3. The van der Waals surface area contributed by atoms with Crippen LogP contribution in [0.3, 0.4) is 0 Å². The summed E-state index contributed by atoms with van der Waals surface area (Å²) in [5, 5.41) is 5.29. The molecule has 0 radical (unpaired) electrons. The minimum absolute atomic E-state index is 0.0286. The fraction of sp³-hybridized carbons (Fsp3) is 0.857. The molecule has 0 aromatic carbocycles. The largest absolute Gasteiger partial charge is 0.453 e. The van der Waals surface area contributed by atoms with E-state index in [1.54, 1.807) is 4.90 Å². The second-order valence-electron chi connectivity index (χ2n) is 2.98. The summed E-state index contributed by atoms with van der Waals surface area (Å²) in [6, 6.07) is 0. The molecule has 0 bridgehead atoms. The number of likely N-dealkylation sites (tertiary alicyclic amines) is 1. The number of nitrogens with zero attached hydrogens (tertiary/aromatic N) is 1. The van der Waals surface area contributed by atoms with Gasteiger partial charge in [-0.25, -0.2) is 9.00 Å². The molecule has 1 atom stereocenters. The summed E-state index contributed by atoms with van der Waals surface area (Å²) < 4.78 is 15.5. The van der Waals surface area contributed by atoms with Gasteiger partial charge in [0.1, 0.15) is 0 Å². The van der Waals surface area contributed by atoms with Gasteiger partial charge in [0.25, 0.3) is 0 Å². The van der Waals surface area contributed by atoms with Crippen LogP contribution in [0.2, 0.25) is 0 Å². The van der Waals surface area contributed by atoms with Gasteiger partial charge in [0.15, 0.2) is 0 Å². The van der Waals surface area contributed by atoms with Crippen LogP contribution in [0.4, 0.5) is 4.79 Å². The molecule has 6 heteroatoms. The van der Waals surface area contributed by atoms with E-state index >= 15 is 0 Å². The highest BCUT2D eigenvalue weighted by Crippen LogP contribution is 2.14. The summed E-state index contributed by atoms with van der Waals surface area (Å²) in [7, 11) is 0.0957. The number of carbonyl (C=O) groups excluding carboxylic acids is 1. The molecule has 1 aliphatic heterocycles. The number of hydrogen-bond donors (Lipinski definition) is 1. The minimum Gasteiger partial charge on any atom is -0.453 e. The van der Waals surface area contributed by atoms with Gasteiger partial charge in [0.05, 0.1) is 23.3 Å². The summed E-state index contributed by atoms with van der Waals surface area (Å²) in [5.41, 5.74) is 0. The molecule has 0 aromatic heterocycles.